The van der Waals surface area contributed by atoms with Crippen molar-refractivity contribution in [3.63, 3.8) is 0 Å². The first-order valence-corrected chi connectivity index (χ1v) is 7.09. The monoisotopic (exact) mass is 308 g/mol. The van der Waals surface area contributed by atoms with Gasteiger partial charge in [-0.25, -0.2) is 19.3 Å². The van der Waals surface area contributed by atoms with Crippen LogP contribution in [0.1, 0.15) is 12.8 Å². The van der Waals surface area contributed by atoms with E-state index >= 15 is 0 Å². The molecule has 1 saturated heterocycles. The molecule has 0 saturated carbocycles. The lowest BCUT2D eigenvalue weighted by Crippen LogP contribution is -2.28. The standard InChI is InChI=1S/C14H14ClFN4O/c15-13-12(16)10(1-5-17-13)11-2-6-18-14(20-11)19-9-3-7-21-8-4-9/h1-2,5-6,9H,3-4,7-8H2,(H,18,19,20). The quantitative estimate of drug-likeness (QED) is 0.883. The van der Waals surface area contributed by atoms with Crippen LogP contribution in [0.15, 0.2) is 24.5 Å². The maximum Gasteiger partial charge on any atom is 0.223 e. The van der Waals surface area contributed by atoms with Crippen molar-refractivity contribution < 1.29 is 9.13 Å². The van der Waals surface area contributed by atoms with Crippen LogP contribution in [0.5, 0.6) is 0 Å². The largest absolute Gasteiger partial charge is 0.381 e. The van der Waals surface area contributed by atoms with Crippen LogP contribution in [0.3, 0.4) is 0 Å². The molecule has 1 fully saturated rings. The Balaban J connectivity index is 1.84. The average Bonchev–Trinajstić information content (AvgIpc) is 2.51. The minimum absolute atomic E-state index is 0.162. The van der Waals surface area contributed by atoms with Crippen LogP contribution < -0.4 is 5.32 Å². The van der Waals surface area contributed by atoms with E-state index in [1.807, 2.05) is 0 Å². The molecule has 0 atom stereocenters. The summed E-state index contributed by atoms with van der Waals surface area (Å²) in [6, 6.07) is 3.46. The van der Waals surface area contributed by atoms with Crippen LogP contribution in [-0.4, -0.2) is 34.2 Å². The van der Waals surface area contributed by atoms with Gasteiger partial charge in [-0.3, -0.25) is 0 Å². The second-order valence-electron chi connectivity index (χ2n) is 4.76. The summed E-state index contributed by atoms with van der Waals surface area (Å²) in [6.45, 7) is 1.46. The molecule has 1 aliphatic heterocycles. The summed E-state index contributed by atoms with van der Waals surface area (Å²) in [5.74, 6) is -0.0957. The highest BCUT2D eigenvalue weighted by Gasteiger charge is 2.16. The van der Waals surface area contributed by atoms with Crippen LogP contribution in [0.2, 0.25) is 5.15 Å². The van der Waals surface area contributed by atoms with Crippen LogP contribution in [0.4, 0.5) is 10.3 Å². The summed E-state index contributed by atoms with van der Waals surface area (Å²) in [6.07, 6.45) is 4.86. The van der Waals surface area contributed by atoms with E-state index in [1.54, 1.807) is 18.3 Å². The van der Waals surface area contributed by atoms with Crippen LogP contribution in [-0.2, 0) is 4.74 Å². The topological polar surface area (TPSA) is 59.9 Å². The molecule has 0 radical (unpaired) electrons. The van der Waals surface area contributed by atoms with Gasteiger partial charge in [0, 0.05) is 37.2 Å². The van der Waals surface area contributed by atoms with E-state index in [4.69, 9.17) is 16.3 Å². The van der Waals surface area contributed by atoms with Gasteiger partial charge < -0.3 is 10.1 Å². The number of rotatable bonds is 3. The second kappa shape index (κ2) is 6.32. The molecule has 0 amide bonds. The zero-order chi connectivity index (χ0) is 14.7. The molecular formula is C14H14ClFN4O. The minimum atomic E-state index is -0.574. The summed E-state index contributed by atoms with van der Waals surface area (Å²) in [7, 11) is 0. The highest BCUT2D eigenvalue weighted by atomic mass is 35.5. The van der Waals surface area contributed by atoms with Crippen molar-refractivity contribution in [1.29, 1.82) is 0 Å². The zero-order valence-corrected chi connectivity index (χ0v) is 12.0. The third kappa shape index (κ3) is 3.28. The summed E-state index contributed by atoms with van der Waals surface area (Å²) < 4.78 is 19.3. The van der Waals surface area contributed by atoms with Gasteiger partial charge in [-0.2, -0.15) is 0 Å². The summed E-state index contributed by atoms with van der Waals surface area (Å²) >= 11 is 5.70. The third-order valence-electron chi connectivity index (χ3n) is 3.33. The summed E-state index contributed by atoms with van der Waals surface area (Å²) in [4.78, 5) is 12.2. The minimum Gasteiger partial charge on any atom is -0.381 e. The Morgan fingerprint density at radius 3 is 2.76 bits per heavy atom. The van der Waals surface area contributed by atoms with Crippen molar-refractivity contribution in [2.24, 2.45) is 0 Å². The van der Waals surface area contributed by atoms with E-state index in [-0.39, 0.29) is 11.2 Å². The highest BCUT2D eigenvalue weighted by Crippen LogP contribution is 2.25. The van der Waals surface area contributed by atoms with E-state index in [0.717, 1.165) is 26.1 Å². The lowest BCUT2D eigenvalue weighted by Gasteiger charge is -2.23. The molecule has 5 nitrogen and oxygen atoms in total. The number of hydrogen-bond acceptors (Lipinski definition) is 5. The first-order valence-electron chi connectivity index (χ1n) is 6.72. The first-order chi connectivity index (χ1) is 10.2. The Hall–Kier alpha value is -1.79. The van der Waals surface area contributed by atoms with Gasteiger partial charge in [-0.1, -0.05) is 11.6 Å². The molecule has 3 heterocycles. The Labute approximate surface area is 126 Å². The number of aromatic nitrogens is 3. The van der Waals surface area contributed by atoms with E-state index in [1.165, 1.54) is 6.20 Å². The molecule has 7 heteroatoms. The molecule has 0 unspecified atom stereocenters. The molecule has 2 aromatic heterocycles. The molecule has 110 valence electrons. The van der Waals surface area contributed by atoms with E-state index in [0.29, 0.717) is 17.2 Å². The number of nitrogens with zero attached hydrogens (tertiary/aromatic N) is 3. The van der Waals surface area contributed by atoms with Crippen LogP contribution in [0.25, 0.3) is 11.3 Å². The van der Waals surface area contributed by atoms with Gasteiger partial charge in [0.05, 0.1) is 5.69 Å². The van der Waals surface area contributed by atoms with E-state index < -0.39 is 5.82 Å². The van der Waals surface area contributed by atoms with Gasteiger partial charge in [0.1, 0.15) is 0 Å². The lowest BCUT2D eigenvalue weighted by atomic mass is 10.1. The van der Waals surface area contributed by atoms with Crippen molar-refractivity contribution in [1.82, 2.24) is 15.0 Å². The molecule has 0 spiro atoms. The molecule has 1 aliphatic rings. The third-order valence-corrected chi connectivity index (χ3v) is 3.60. The summed E-state index contributed by atoms with van der Waals surface area (Å²) in [5, 5.41) is 3.09. The molecule has 2 aromatic rings. The fourth-order valence-electron chi connectivity index (χ4n) is 2.22. The van der Waals surface area contributed by atoms with Gasteiger partial charge in [0.2, 0.25) is 5.95 Å². The first kappa shape index (κ1) is 14.2. The Morgan fingerprint density at radius 1 is 1.19 bits per heavy atom. The number of ether oxygens (including phenoxy) is 1. The van der Waals surface area contributed by atoms with Crippen molar-refractivity contribution in [2.45, 2.75) is 18.9 Å². The normalized spacial score (nSPS) is 15.9. The second-order valence-corrected chi connectivity index (χ2v) is 5.12. The number of pyridine rings is 1. The average molecular weight is 309 g/mol. The van der Waals surface area contributed by atoms with Gasteiger partial charge in [-0.15, -0.1) is 0 Å². The summed E-state index contributed by atoms with van der Waals surface area (Å²) in [5.41, 5.74) is 0.786. The fourth-order valence-corrected chi connectivity index (χ4v) is 2.38. The number of halogens is 2. The zero-order valence-electron chi connectivity index (χ0n) is 11.2. The maximum absolute atomic E-state index is 14.0. The molecule has 0 aromatic carbocycles. The van der Waals surface area contributed by atoms with E-state index in [2.05, 4.69) is 20.3 Å². The smallest absolute Gasteiger partial charge is 0.223 e. The molecule has 1 N–H and O–H groups in total. The predicted molar refractivity (Wildman–Crippen MR) is 77.7 cm³/mol. The number of nitrogens with one attached hydrogen (secondary N) is 1. The maximum atomic E-state index is 14.0. The molecular weight excluding hydrogens is 295 g/mol. The van der Waals surface area contributed by atoms with Gasteiger partial charge in [-0.05, 0) is 25.0 Å². The highest BCUT2D eigenvalue weighted by molar-refractivity contribution is 6.29. The lowest BCUT2D eigenvalue weighted by molar-refractivity contribution is 0.0903. The Bertz CT molecular complexity index is 634. The van der Waals surface area contributed by atoms with Gasteiger partial charge >= 0.3 is 0 Å². The van der Waals surface area contributed by atoms with E-state index in [9.17, 15) is 4.39 Å². The predicted octanol–water partition coefficient (Wildman–Crippen LogP) is 2.92. The molecule has 0 aliphatic carbocycles. The van der Waals surface area contributed by atoms with Crippen molar-refractivity contribution in [3.05, 3.63) is 35.5 Å². The Morgan fingerprint density at radius 2 is 1.95 bits per heavy atom. The fraction of sp³-hybridized carbons (Fsp3) is 0.357. The Kier molecular flexibility index (Phi) is 4.26. The number of anilines is 1. The van der Waals surface area contributed by atoms with Gasteiger partial charge in [0.25, 0.3) is 0 Å². The SMILES string of the molecule is Fc1c(-c2ccnc(NC3CCOCC3)n2)ccnc1Cl. The number of hydrogen-bond donors (Lipinski definition) is 1. The molecule has 21 heavy (non-hydrogen) atoms. The van der Waals surface area contributed by atoms with Crippen molar-refractivity contribution >= 4 is 17.5 Å². The van der Waals surface area contributed by atoms with Crippen molar-refractivity contribution in [2.75, 3.05) is 18.5 Å². The van der Waals surface area contributed by atoms with Crippen molar-refractivity contribution in [3.8, 4) is 11.3 Å². The van der Waals surface area contributed by atoms with Crippen LogP contribution >= 0.6 is 11.6 Å². The van der Waals surface area contributed by atoms with Crippen LogP contribution in [0, 0.1) is 5.82 Å². The van der Waals surface area contributed by atoms with Gasteiger partial charge in [0.15, 0.2) is 11.0 Å². The molecule has 0 bridgehead atoms. The molecule has 3 rings (SSSR count).